The molecule has 32 heavy (non-hydrogen) atoms. The van der Waals surface area contributed by atoms with Crippen LogP contribution in [0.4, 0.5) is 19.0 Å². The summed E-state index contributed by atoms with van der Waals surface area (Å²) in [6, 6.07) is 6.39. The van der Waals surface area contributed by atoms with Gasteiger partial charge in [-0.1, -0.05) is 17.7 Å². The maximum atomic E-state index is 12.8. The van der Waals surface area contributed by atoms with Crippen LogP contribution in [0.25, 0.3) is 6.08 Å². The second-order valence-corrected chi connectivity index (χ2v) is 7.84. The minimum absolute atomic E-state index is 0.0612. The number of amides is 1. The van der Waals surface area contributed by atoms with Crippen LogP contribution in [-0.4, -0.2) is 55.2 Å². The highest BCUT2D eigenvalue weighted by Crippen LogP contribution is 2.34. The van der Waals surface area contributed by atoms with E-state index >= 15 is 0 Å². The molecule has 1 amide bonds. The summed E-state index contributed by atoms with van der Waals surface area (Å²) < 4.78 is 49.7. The van der Waals surface area contributed by atoms with Crippen molar-refractivity contribution in [1.29, 1.82) is 0 Å². The lowest BCUT2D eigenvalue weighted by Gasteiger charge is -2.35. The zero-order valence-electron chi connectivity index (χ0n) is 17.1. The Balaban J connectivity index is 1.35. The Morgan fingerprint density at radius 3 is 2.47 bits per heavy atom. The molecule has 1 saturated heterocycles. The van der Waals surface area contributed by atoms with Crippen LogP contribution in [0.2, 0.25) is 5.02 Å². The molecule has 0 bridgehead atoms. The lowest BCUT2D eigenvalue weighted by atomic mass is 10.2. The Kier molecular flexibility index (Phi) is 6.45. The zero-order valence-corrected chi connectivity index (χ0v) is 17.8. The summed E-state index contributed by atoms with van der Waals surface area (Å²) in [5.74, 6) is 1.49. The van der Waals surface area contributed by atoms with Gasteiger partial charge in [-0.15, -0.1) is 0 Å². The number of benzene rings is 1. The van der Waals surface area contributed by atoms with Gasteiger partial charge in [-0.2, -0.15) is 13.2 Å². The normalized spacial score (nSPS) is 16.9. The van der Waals surface area contributed by atoms with Crippen molar-refractivity contribution in [2.45, 2.75) is 12.6 Å². The first-order valence-electron chi connectivity index (χ1n) is 10.2. The summed E-state index contributed by atoms with van der Waals surface area (Å²) in [5, 5.41) is -0.0612. The molecule has 0 radical (unpaired) electrons. The third-order valence-electron chi connectivity index (χ3n) is 5.23. The standard InChI is InChI=1S/C22H21ClF3N3O3/c23-17-13-16(22(24,25)26)14-27-21(17)29-8-6-28(7-9-29)20(30)5-3-15-2-4-18-19(12-15)32-11-1-10-31-18/h2-5,12-14H,1,6-11H2/b5-3+. The molecule has 3 heterocycles. The fraction of sp³-hybridized carbons (Fsp3) is 0.364. The summed E-state index contributed by atoms with van der Waals surface area (Å²) in [6.45, 7) is 2.84. The third kappa shape index (κ3) is 5.09. The maximum absolute atomic E-state index is 12.8. The second kappa shape index (κ2) is 9.28. The van der Waals surface area contributed by atoms with Crippen LogP contribution in [0.3, 0.4) is 0 Å². The highest BCUT2D eigenvalue weighted by atomic mass is 35.5. The van der Waals surface area contributed by atoms with E-state index in [1.54, 1.807) is 15.9 Å². The maximum Gasteiger partial charge on any atom is 0.417 e. The van der Waals surface area contributed by atoms with Crippen LogP contribution in [0.1, 0.15) is 17.5 Å². The number of aromatic nitrogens is 1. The topological polar surface area (TPSA) is 54.9 Å². The first-order valence-corrected chi connectivity index (χ1v) is 10.5. The quantitative estimate of drug-likeness (QED) is 0.631. The van der Waals surface area contributed by atoms with Crippen molar-refractivity contribution in [3.05, 3.63) is 52.7 Å². The number of alkyl halides is 3. The molecule has 0 aliphatic carbocycles. The number of nitrogens with zero attached hydrogens (tertiary/aromatic N) is 3. The van der Waals surface area contributed by atoms with Gasteiger partial charge in [0, 0.05) is 44.9 Å². The van der Waals surface area contributed by atoms with E-state index in [0.29, 0.717) is 50.9 Å². The van der Waals surface area contributed by atoms with Crippen molar-refractivity contribution in [2.24, 2.45) is 0 Å². The molecule has 1 aromatic carbocycles. The molecule has 6 nitrogen and oxygen atoms in total. The molecule has 4 rings (SSSR count). The van der Waals surface area contributed by atoms with E-state index in [0.717, 1.165) is 24.2 Å². The molecule has 0 N–H and O–H groups in total. The van der Waals surface area contributed by atoms with Crippen molar-refractivity contribution in [1.82, 2.24) is 9.88 Å². The van der Waals surface area contributed by atoms with Crippen LogP contribution in [0.15, 0.2) is 36.5 Å². The number of carbonyl (C=O) groups excluding carboxylic acids is 1. The van der Waals surface area contributed by atoms with Crippen LogP contribution in [0, 0.1) is 0 Å². The molecule has 1 fully saturated rings. The number of pyridine rings is 1. The Morgan fingerprint density at radius 1 is 1.06 bits per heavy atom. The van der Waals surface area contributed by atoms with E-state index < -0.39 is 11.7 Å². The lowest BCUT2D eigenvalue weighted by Crippen LogP contribution is -2.48. The number of fused-ring (bicyclic) bond motifs is 1. The van der Waals surface area contributed by atoms with Gasteiger partial charge in [-0.25, -0.2) is 4.98 Å². The van der Waals surface area contributed by atoms with Crippen molar-refractivity contribution in [2.75, 3.05) is 44.3 Å². The highest BCUT2D eigenvalue weighted by Gasteiger charge is 2.32. The number of piperazine rings is 1. The van der Waals surface area contributed by atoms with E-state index in [4.69, 9.17) is 21.1 Å². The molecule has 0 atom stereocenters. The average molecular weight is 468 g/mol. The van der Waals surface area contributed by atoms with Crippen molar-refractivity contribution >= 4 is 29.4 Å². The number of hydrogen-bond acceptors (Lipinski definition) is 5. The van der Waals surface area contributed by atoms with Gasteiger partial charge in [-0.05, 0) is 29.8 Å². The Hall–Kier alpha value is -2.94. The largest absolute Gasteiger partial charge is 0.490 e. The summed E-state index contributed by atoms with van der Waals surface area (Å²) >= 11 is 6.03. The Bertz CT molecular complexity index is 1020. The predicted molar refractivity (Wildman–Crippen MR) is 114 cm³/mol. The van der Waals surface area contributed by atoms with Gasteiger partial charge in [0.1, 0.15) is 5.82 Å². The molecular formula is C22H21ClF3N3O3. The molecule has 10 heteroatoms. The van der Waals surface area contributed by atoms with Crippen LogP contribution in [0.5, 0.6) is 11.5 Å². The summed E-state index contributed by atoms with van der Waals surface area (Å²) in [7, 11) is 0. The Labute approximate surface area is 188 Å². The molecule has 0 spiro atoms. The summed E-state index contributed by atoms with van der Waals surface area (Å²) in [6.07, 6.45) is 0.313. The fourth-order valence-corrected chi connectivity index (χ4v) is 3.80. The molecule has 0 unspecified atom stereocenters. The van der Waals surface area contributed by atoms with Crippen LogP contribution in [-0.2, 0) is 11.0 Å². The van der Waals surface area contributed by atoms with Gasteiger partial charge in [0.05, 0.1) is 23.8 Å². The SMILES string of the molecule is O=C(/C=C/c1ccc2c(c1)OCCCO2)N1CCN(c2ncc(C(F)(F)F)cc2Cl)CC1. The molecule has 2 aromatic rings. The van der Waals surface area contributed by atoms with Gasteiger partial charge in [0.15, 0.2) is 11.5 Å². The van der Waals surface area contributed by atoms with E-state index in [1.807, 2.05) is 18.2 Å². The van der Waals surface area contributed by atoms with Crippen LogP contribution >= 0.6 is 11.6 Å². The van der Waals surface area contributed by atoms with Crippen molar-refractivity contribution in [3.63, 3.8) is 0 Å². The fourth-order valence-electron chi connectivity index (χ4n) is 3.51. The summed E-state index contributed by atoms with van der Waals surface area (Å²) in [4.78, 5) is 19.9. The van der Waals surface area contributed by atoms with Gasteiger partial charge < -0.3 is 19.3 Å². The average Bonchev–Trinajstić information content (AvgIpc) is 3.02. The minimum atomic E-state index is -4.50. The first kappa shape index (κ1) is 22.3. The smallest absolute Gasteiger partial charge is 0.417 e. The molecule has 170 valence electrons. The lowest BCUT2D eigenvalue weighted by molar-refractivity contribution is -0.137. The van der Waals surface area contributed by atoms with Crippen molar-refractivity contribution in [3.8, 4) is 11.5 Å². The molecular weight excluding hydrogens is 447 g/mol. The number of hydrogen-bond donors (Lipinski definition) is 0. The third-order valence-corrected chi connectivity index (χ3v) is 5.51. The molecule has 1 aromatic heterocycles. The molecule has 2 aliphatic heterocycles. The van der Waals surface area contributed by atoms with Gasteiger partial charge >= 0.3 is 6.18 Å². The number of halogens is 4. The van der Waals surface area contributed by atoms with E-state index in [1.165, 1.54) is 6.08 Å². The molecule has 0 saturated carbocycles. The molecule has 2 aliphatic rings. The van der Waals surface area contributed by atoms with Gasteiger partial charge in [-0.3, -0.25) is 4.79 Å². The van der Waals surface area contributed by atoms with E-state index in [9.17, 15) is 18.0 Å². The first-order chi connectivity index (χ1) is 15.3. The number of carbonyl (C=O) groups is 1. The predicted octanol–water partition coefficient (Wildman–Crippen LogP) is 4.28. The minimum Gasteiger partial charge on any atom is -0.490 e. The van der Waals surface area contributed by atoms with E-state index in [2.05, 4.69) is 4.98 Å². The summed E-state index contributed by atoms with van der Waals surface area (Å²) in [5.41, 5.74) is -0.0677. The number of anilines is 1. The van der Waals surface area contributed by atoms with Crippen LogP contribution < -0.4 is 14.4 Å². The van der Waals surface area contributed by atoms with Gasteiger partial charge in [0.25, 0.3) is 0 Å². The number of ether oxygens (including phenoxy) is 2. The van der Waals surface area contributed by atoms with E-state index in [-0.39, 0.29) is 16.7 Å². The van der Waals surface area contributed by atoms with Gasteiger partial charge in [0.2, 0.25) is 5.91 Å². The monoisotopic (exact) mass is 467 g/mol. The second-order valence-electron chi connectivity index (χ2n) is 7.43. The number of rotatable bonds is 3. The zero-order chi connectivity index (χ0) is 22.7. The Morgan fingerprint density at radius 2 is 1.78 bits per heavy atom. The highest BCUT2D eigenvalue weighted by molar-refractivity contribution is 6.33. The van der Waals surface area contributed by atoms with Crippen molar-refractivity contribution < 1.29 is 27.4 Å².